The van der Waals surface area contributed by atoms with Crippen molar-refractivity contribution < 1.29 is 14.7 Å². The van der Waals surface area contributed by atoms with Crippen LogP contribution < -0.4 is 0 Å². The Kier molecular flexibility index (Phi) is 7.31. The Morgan fingerprint density at radius 2 is 1.69 bits per heavy atom. The summed E-state index contributed by atoms with van der Waals surface area (Å²) in [6, 6.07) is 7.05. The maximum atomic E-state index is 14.1. The van der Waals surface area contributed by atoms with Gasteiger partial charge in [-0.15, -0.1) is 0 Å². The SMILES string of the molecule is CC(C)CC[C@H](c1ccc(C(=O)O)cc1)N1C(=O)C(N2CCCC2)=NC12CCC(C(C)(C)C)CC2. The molecule has 1 aromatic carbocycles. The van der Waals surface area contributed by atoms with Gasteiger partial charge in [0.05, 0.1) is 11.6 Å². The van der Waals surface area contributed by atoms with Gasteiger partial charge in [0.1, 0.15) is 5.66 Å². The van der Waals surface area contributed by atoms with Crippen LogP contribution in [0, 0.1) is 17.3 Å². The van der Waals surface area contributed by atoms with E-state index in [9.17, 15) is 14.7 Å². The van der Waals surface area contributed by atoms with Crippen LogP contribution in [-0.2, 0) is 4.79 Å². The normalized spacial score (nSPS) is 26.1. The number of amides is 1. The summed E-state index contributed by atoms with van der Waals surface area (Å²) in [6.07, 6.45) is 7.99. The van der Waals surface area contributed by atoms with Gasteiger partial charge in [-0.25, -0.2) is 9.79 Å². The second kappa shape index (κ2) is 9.94. The minimum Gasteiger partial charge on any atom is -0.478 e. The molecule has 3 aliphatic rings. The molecule has 4 rings (SSSR count). The van der Waals surface area contributed by atoms with Crippen LogP contribution >= 0.6 is 0 Å². The maximum absolute atomic E-state index is 14.1. The fraction of sp³-hybridized carbons (Fsp3) is 0.690. The fourth-order valence-electron chi connectivity index (χ4n) is 6.24. The molecule has 6 heteroatoms. The smallest absolute Gasteiger partial charge is 0.335 e. The van der Waals surface area contributed by atoms with E-state index in [1.807, 2.05) is 12.1 Å². The van der Waals surface area contributed by atoms with Crippen molar-refractivity contribution >= 4 is 17.7 Å². The molecule has 1 aliphatic carbocycles. The largest absolute Gasteiger partial charge is 0.478 e. The lowest BCUT2D eigenvalue weighted by atomic mass is 9.69. The molecule has 192 valence electrons. The van der Waals surface area contributed by atoms with Gasteiger partial charge in [0.2, 0.25) is 0 Å². The van der Waals surface area contributed by atoms with Gasteiger partial charge in [0.15, 0.2) is 5.84 Å². The number of carboxylic acid groups (broad SMARTS) is 1. The van der Waals surface area contributed by atoms with Gasteiger partial charge in [0, 0.05) is 13.1 Å². The van der Waals surface area contributed by atoms with Crippen LogP contribution in [0.2, 0.25) is 0 Å². The summed E-state index contributed by atoms with van der Waals surface area (Å²) in [7, 11) is 0. The van der Waals surface area contributed by atoms with Crippen molar-refractivity contribution in [3.05, 3.63) is 35.4 Å². The van der Waals surface area contributed by atoms with E-state index in [0.717, 1.165) is 70.0 Å². The molecule has 6 nitrogen and oxygen atoms in total. The summed E-state index contributed by atoms with van der Waals surface area (Å²) >= 11 is 0. The van der Waals surface area contributed by atoms with Gasteiger partial charge in [-0.1, -0.05) is 46.8 Å². The Hall–Kier alpha value is -2.37. The summed E-state index contributed by atoms with van der Waals surface area (Å²) in [5.41, 5.74) is 1.04. The number of aliphatic imine (C=N–C) groups is 1. The van der Waals surface area contributed by atoms with E-state index in [1.165, 1.54) is 0 Å². The summed E-state index contributed by atoms with van der Waals surface area (Å²) in [5.74, 6) is 0.940. The van der Waals surface area contributed by atoms with Gasteiger partial charge in [-0.3, -0.25) is 4.79 Å². The van der Waals surface area contributed by atoms with Gasteiger partial charge in [0.25, 0.3) is 5.91 Å². The van der Waals surface area contributed by atoms with Gasteiger partial charge in [-0.05, 0) is 86.3 Å². The first kappa shape index (κ1) is 25.7. The van der Waals surface area contributed by atoms with Gasteiger partial charge >= 0.3 is 5.97 Å². The highest BCUT2D eigenvalue weighted by molar-refractivity contribution is 6.39. The van der Waals surface area contributed by atoms with Gasteiger partial charge in [-0.2, -0.15) is 0 Å². The molecule has 0 bridgehead atoms. The Morgan fingerprint density at radius 1 is 1.09 bits per heavy atom. The zero-order chi connectivity index (χ0) is 25.4. The van der Waals surface area contributed by atoms with Crippen LogP contribution in [0.3, 0.4) is 0 Å². The zero-order valence-electron chi connectivity index (χ0n) is 22.2. The van der Waals surface area contributed by atoms with E-state index in [1.54, 1.807) is 12.1 Å². The summed E-state index contributed by atoms with van der Waals surface area (Å²) < 4.78 is 0. The molecule has 1 amide bonds. The number of carbonyl (C=O) groups excluding carboxylic acids is 1. The summed E-state index contributed by atoms with van der Waals surface area (Å²) in [6.45, 7) is 13.2. The zero-order valence-corrected chi connectivity index (χ0v) is 22.2. The Bertz CT molecular complexity index is 946. The first-order chi connectivity index (χ1) is 16.5. The number of carbonyl (C=O) groups is 2. The third kappa shape index (κ3) is 5.26. The third-order valence-corrected chi connectivity index (χ3v) is 8.46. The van der Waals surface area contributed by atoms with Gasteiger partial charge < -0.3 is 14.9 Å². The van der Waals surface area contributed by atoms with E-state index in [-0.39, 0.29) is 22.9 Å². The molecule has 2 aliphatic heterocycles. The molecule has 1 saturated carbocycles. The number of amidine groups is 1. The van der Waals surface area contributed by atoms with E-state index in [0.29, 0.717) is 17.7 Å². The van der Waals surface area contributed by atoms with Crippen LogP contribution in [0.25, 0.3) is 0 Å². The van der Waals surface area contributed by atoms with Crippen LogP contribution in [0.5, 0.6) is 0 Å². The highest BCUT2D eigenvalue weighted by Gasteiger charge is 2.53. The standard InChI is InChI=1S/C29H43N3O3/c1-20(2)8-13-24(21-9-11-22(12-10-21)27(34)35)32-26(33)25(31-18-6-7-19-31)30-29(32)16-14-23(15-17-29)28(3,4)5/h9-12,20,23-24H,6-8,13-19H2,1-5H3,(H,34,35)/t23?,24-,29?/m1/s1. The molecule has 1 aromatic rings. The molecule has 35 heavy (non-hydrogen) atoms. The lowest BCUT2D eigenvalue weighted by Gasteiger charge is -2.47. The average molecular weight is 482 g/mol. The van der Waals surface area contributed by atoms with Crippen LogP contribution in [0.15, 0.2) is 29.3 Å². The number of rotatable bonds is 6. The first-order valence-corrected chi connectivity index (χ1v) is 13.5. The van der Waals surface area contributed by atoms with Crippen molar-refractivity contribution in [3.8, 4) is 0 Å². The number of benzene rings is 1. The molecule has 2 heterocycles. The topological polar surface area (TPSA) is 73.2 Å². The molecule has 1 N–H and O–H groups in total. The predicted molar refractivity (Wildman–Crippen MR) is 139 cm³/mol. The molecule has 2 fully saturated rings. The van der Waals surface area contributed by atoms with Crippen molar-refractivity contribution in [2.24, 2.45) is 22.2 Å². The molecule has 0 aromatic heterocycles. The van der Waals surface area contributed by atoms with E-state index < -0.39 is 11.6 Å². The average Bonchev–Trinajstić information content (AvgIpc) is 3.42. The Labute approximate surface area is 210 Å². The van der Waals surface area contributed by atoms with Crippen LogP contribution in [-0.4, -0.2) is 51.4 Å². The second-order valence-corrected chi connectivity index (χ2v) is 12.3. The quantitative estimate of drug-likeness (QED) is 0.530. The Balaban J connectivity index is 1.72. The fourth-order valence-corrected chi connectivity index (χ4v) is 6.24. The molecule has 1 saturated heterocycles. The van der Waals surface area contributed by atoms with Crippen LogP contribution in [0.4, 0.5) is 0 Å². The Morgan fingerprint density at radius 3 is 2.20 bits per heavy atom. The van der Waals surface area contributed by atoms with Crippen molar-refractivity contribution in [3.63, 3.8) is 0 Å². The highest BCUT2D eigenvalue weighted by atomic mass is 16.4. The molecule has 1 spiro atoms. The minimum atomic E-state index is -0.927. The van der Waals surface area contributed by atoms with E-state index in [2.05, 4.69) is 44.4 Å². The molecule has 0 unspecified atom stereocenters. The molecular weight excluding hydrogens is 438 g/mol. The molecular formula is C29H43N3O3. The number of nitrogens with zero attached hydrogens (tertiary/aromatic N) is 3. The number of carboxylic acids is 1. The predicted octanol–water partition coefficient (Wildman–Crippen LogP) is 6.13. The number of hydrogen-bond acceptors (Lipinski definition) is 4. The van der Waals surface area contributed by atoms with Crippen molar-refractivity contribution in [1.29, 1.82) is 0 Å². The van der Waals surface area contributed by atoms with Crippen LogP contribution in [0.1, 0.15) is 108 Å². The van der Waals surface area contributed by atoms with E-state index in [4.69, 9.17) is 4.99 Å². The number of aromatic carboxylic acids is 1. The summed E-state index contributed by atoms with van der Waals surface area (Å²) in [5, 5.41) is 9.40. The van der Waals surface area contributed by atoms with Crippen molar-refractivity contribution in [1.82, 2.24) is 9.80 Å². The second-order valence-electron chi connectivity index (χ2n) is 12.3. The maximum Gasteiger partial charge on any atom is 0.335 e. The minimum absolute atomic E-state index is 0.0668. The highest BCUT2D eigenvalue weighted by Crippen LogP contribution is 2.49. The number of hydrogen-bond donors (Lipinski definition) is 1. The van der Waals surface area contributed by atoms with Crippen molar-refractivity contribution in [2.45, 2.75) is 97.7 Å². The molecule has 0 radical (unpaired) electrons. The summed E-state index contributed by atoms with van der Waals surface area (Å²) in [4.78, 5) is 35.2. The monoisotopic (exact) mass is 481 g/mol. The lowest BCUT2D eigenvalue weighted by molar-refractivity contribution is -0.134. The first-order valence-electron chi connectivity index (χ1n) is 13.5. The lowest BCUT2D eigenvalue weighted by Crippen LogP contribution is -2.52. The van der Waals surface area contributed by atoms with E-state index >= 15 is 0 Å². The molecule has 1 atom stereocenters. The number of likely N-dealkylation sites (tertiary alicyclic amines) is 1. The third-order valence-electron chi connectivity index (χ3n) is 8.46. The van der Waals surface area contributed by atoms with Crippen molar-refractivity contribution in [2.75, 3.05) is 13.1 Å².